The average molecular weight is 274 g/mol. The molecule has 2 aromatic rings. The number of benzene rings is 2. The Bertz CT molecular complexity index is 513. The summed E-state index contributed by atoms with van der Waals surface area (Å²) in [5.41, 5.74) is 2.02. The highest BCUT2D eigenvalue weighted by Gasteiger charge is 2.16. The van der Waals surface area contributed by atoms with Crippen LogP contribution >= 0.6 is 11.6 Å². The summed E-state index contributed by atoms with van der Waals surface area (Å²) in [7, 11) is 0. The van der Waals surface area contributed by atoms with E-state index >= 15 is 0 Å². The Labute approximate surface area is 118 Å². The zero-order valence-corrected chi connectivity index (χ0v) is 11.3. The lowest BCUT2D eigenvalue weighted by Gasteiger charge is -2.10. The molecule has 2 aromatic carbocycles. The van der Waals surface area contributed by atoms with Gasteiger partial charge >= 0.3 is 0 Å². The highest BCUT2D eigenvalue weighted by Crippen LogP contribution is 2.19. The monoisotopic (exact) mass is 273 g/mol. The third-order valence-corrected chi connectivity index (χ3v) is 3.33. The van der Waals surface area contributed by atoms with Crippen molar-refractivity contribution in [1.29, 1.82) is 0 Å². The zero-order valence-electron chi connectivity index (χ0n) is 10.6. The van der Waals surface area contributed by atoms with E-state index in [1.54, 1.807) is 0 Å². The number of nitrogens with one attached hydrogen (secondary N) is 1. The maximum absolute atomic E-state index is 11.9. The van der Waals surface area contributed by atoms with Crippen LogP contribution in [-0.2, 0) is 11.2 Å². The first-order valence-corrected chi connectivity index (χ1v) is 6.71. The number of amides is 1. The summed E-state index contributed by atoms with van der Waals surface area (Å²) >= 11 is 6.13. The van der Waals surface area contributed by atoms with Gasteiger partial charge in [-0.25, -0.2) is 0 Å². The van der Waals surface area contributed by atoms with Crippen LogP contribution in [0.5, 0.6) is 0 Å². The van der Waals surface area contributed by atoms with Crippen LogP contribution in [0.4, 0.5) is 0 Å². The van der Waals surface area contributed by atoms with Gasteiger partial charge in [-0.1, -0.05) is 60.7 Å². The fourth-order valence-electron chi connectivity index (χ4n) is 1.84. The van der Waals surface area contributed by atoms with Gasteiger partial charge in [0.15, 0.2) is 0 Å². The van der Waals surface area contributed by atoms with Gasteiger partial charge in [0.1, 0.15) is 5.38 Å². The molecule has 0 aliphatic carbocycles. The number of halogens is 1. The van der Waals surface area contributed by atoms with E-state index in [0.717, 1.165) is 12.0 Å². The van der Waals surface area contributed by atoms with Crippen molar-refractivity contribution in [2.45, 2.75) is 11.8 Å². The zero-order chi connectivity index (χ0) is 13.5. The van der Waals surface area contributed by atoms with Crippen LogP contribution in [-0.4, -0.2) is 12.5 Å². The molecule has 0 aromatic heterocycles. The molecular formula is C16H16ClNO. The van der Waals surface area contributed by atoms with Crippen LogP contribution in [0.15, 0.2) is 60.7 Å². The van der Waals surface area contributed by atoms with Crippen molar-refractivity contribution in [3.8, 4) is 0 Å². The fourth-order valence-corrected chi connectivity index (χ4v) is 2.06. The number of rotatable bonds is 5. The van der Waals surface area contributed by atoms with E-state index in [-0.39, 0.29) is 5.91 Å². The number of hydrogen-bond acceptors (Lipinski definition) is 1. The van der Waals surface area contributed by atoms with Crippen molar-refractivity contribution in [1.82, 2.24) is 5.32 Å². The second-order valence-corrected chi connectivity index (χ2v) is 4.74. The molecule has 0 aliphatic rings. The second kappa shape index (κ2) is 6.95. The Kier molecular flexibility index (Phi) is 4.99. The lowest BCUT2D eigenvalue weighted by Crippen LogP contribution is -2.28. The first kappa shape index (κ1) is 13.6. The summed E-state index contributed by atoms with van der Waals surface area (Å²) in [6, 6.07) is 19.4. The number of hydrogen-bond donors (Lipinski definition) is 1. The molecule has 1 N–H and O–H groups in total. The maximum Gasteiger partial charge on any atom is 0.242 e. The van der Waals surface area contributed by atoms with Crippen LogP contribution in [0.1, 0.15) is 16.5 Å². The van der Waals surface area contributed by atoms with E-state index in [4.69, 9.17) is 11.6 Å². The van der Waals surface area contributed by atoms with Gasteiger partial charge in [-0.05, 0) is 17.5 Å². The first-order valence-electron chi connectivity index (χ1n) is 6.28. The molecule has 0 aliphatic heterocycles. The molecule has 0 fully saturated rings. The van der Waals surface area contributed by atoms with Crippen molar-refractivity contribution in [2.24, 2.45) is 0 Å². The molecule has 1 amide bonds. The third-order valence-electron chi connectivity index (χ3n) is 2.88. The van der Waals surface area contributed by atoms with Crippen LogP contribution in [0.25, 0.3) is 0 Å². The SMILES string of the molecule is O=C(NCCc1ccccc1)C(Cl)c1ccccc1. The smallest absolute Gasteiger partial charge is 0.242 e. The Morgan fingerprint density at radius 1 is 1.00 bits per heavy atom. The molecule has 0 spiro atoms. The Morgan fingerprint density at radius 2 is 1.58 bits per heavy atom. The van der Waals surface area contributed by atoms with Gasteiger partial charge in [-0.15, -0.1) is 11.6 Å². The molecule has 0 heterocycles. The predicted molar refractivity (Wildman–Crippen MR) is 78.2 cm³/mol. The van der Waals surface area contributed by atoms with Crippen molar-refractivity contribution >= 4 is 17.5 Å². The van der Waals surface area contributed by atoms with E-state index in [1.807, 2.05) is 60.7 Å². The predicted octanol–water partition coefficient (Wildman–Crippen LogP) is 3.33. The number of alkyl halides is 1. The molecule has 0 bridgehead atoms. The highest BCUT2D eigenvalue weighted by atomic mass is 35.5. The lowest BCUT2D eigenvalue weighted by atomic mass is 10.1. The largest absolute Gasteiger partial charge is 0.354 e. The van der Waals surface area contributed by atoms with Gasteiger partial charge in [-0.3, -0.25) is 4.79 Å². The summed E-state index contributed by atoms with van der Waals surface area (Å²) in [4.78, 5) is 11.9. The van der Waals surface area contributed by atoms with Gasteiger partial charge in [0.05, 0.1) is 0 Å². The average Bonchev–Trinajstić information content (AvgIpc) is 2.48. The number of carbonyl (C=O) groups is 1. The quantitative estimate of drug-likeness (QED) is 0.832. The molecule has 0 saturated carbocycles. The van der Waals surface area contributed by atoms with Crippen LogP contribution in [0.3, 0.4) is 0 Å². The minimum atomic E-state index is -0.628. The Balaban J connectivity index is 1.82. The van der Waals surface area contributed by atoms with E-state index in [0.29, 0.717) is 6.54 Å². The van der Waals surface area contributed by atoms with Gasteiger partial charge in [0, 0.05) is 6.54 Å². The van der Waals surface area contributed by atoms with Crippen molar-refractivity contribution in [3.05, 3.63) is 71.8 Å². The van der Waals surface area contributed by atoms with Gasteiger partial charge < -0.3 is 5.32 Å². The van der Waals surface area contributed by atoms with Gasteiger partial charge in [-0.2, -0.15) is 0 Å². The molecule has 0 radical (unpaired) electrons. The molecule has 3 heteroatoms. The summed E-state index contributed by atoms with van der Waals surface area (Å²) in [6.07, 6.45) is 0.810. The molecule has 1 unspecified atom stereocenters. The second-order valence-electron chi connectivity index (χ2n) is 4.30. The highest BCUT2D eigenvalue weighted by molar-refractivity contribution is 6.30. The molecule has 98 valence electrons. The standard InChI is InChI=1S/C16H16ClNO/c17-15(14-9-5-2-6-10-14)16(19)18-12-11-13-7-3-1-4-8-13/h1-10,15H,11-12H2,(H,18,19). The summed E-state index contributed by atoms with van der Waals surface area (Å²) in [5, 5.41) is 2.23. The van der Waals surface area contributed by atoms with Crippen LogP contribution < -0.4 is 5.32 Å². The van der Waals surface area contributed by atoms with Crippen molar-refractivity contribution < 1.29 is 4.79 Å². The van der Waals surface area contributed by atoms with Gasteiger partial charge in [0.2, 0.25) is 5.91 Å². The van der Waals surface area contributed by atoms with Gasteiger partial charge in [0.25, 0.3) is 0 Å². The van der Waals surface area contributed by atoms with E-state index in [2.05, 4.69) is 5.32 Å². The lowest BCUT2D eigenvalue weighted by molar-refractivity contribution is -0.120. The van der Waals surface area contributed by atoms with Crippen LogP contribution in [0, 0.1) is 0 Å². The molecule has 19 heavy (non-hydrogen) atoms. The first-order chi connectivity index (χ1) is 9.27. The summed E-state index contributed by atoms with van der Waals surface area (Å²) in [6.45, 7) is 0.596. The van der Waals surface area contributed by atoms with E-state index < -0.39 is 5.38 Å². The molecule has 2 rings (SSSR count). The Hall–Kier alpha value is -1.80. The topological polar surface area (TPSA) is 29.1 Å². The minimum absolute atomic E-state index is 0.149. The Morgan fingerprint density at radius 3 is 2.21 bits per heavy atom. The van der Waals surface area contributed by atoms with E-state index in [9.17, 15) is 4.79 Å². The summed E-state index contributed by atoms with van der Waals surface area (Å²) in [5.74, 6) is -0.149. The molecule has 0 saturated heterocycles. The minimum Gasteiger partial charge on any atom is -0.354 e. The van der Waals surface area contributed by atoms with E-state index in [1.165, 1.54) is 5.56 Å². The fraction of sp³-hybridized carbons (Fsp3) is 0.188. The maximum atomic E-state index is 11.9. The molecule has 1 atom stereocenters. The molecular weight excluding hydrogens is 258 g/mol. The van der Waals surface area contributed by atoms with Crippen molar-refractivity contribution in [3.63, 3.8) is 0 Å². The number of carbonyl (C=O) groups excluding carboxylic acids is 1. The van der Waals surface area contributed by atoms with Crippen LogP contribution in [0.2, 0.25) is 0 Å². The summed E-state index contributed by atoms with van der Waals surface area (Å²) < 4.78 is 0. The third kappa shape index (κ3) is 4.11. The van der Waals surface area contributed by atoms with Crippen molar-refractivity contribution in [2.75, 3.05) is 6.54 Å². The normalized spacial score (nSPS) is 11.8. The molecule has 2 nitrogen and oxygen atoms in total.